The Bertz CT molecular complexity index is 1070. The van der Waals surface area contributed by atoms with E-state index in [0.29, 0.717) is 10.6 Å². The van der Waals surface area contributed by atoms with Gasteiger partial charge in [0.05, 0.1) is 10.9 Å². The molecule has 1 heterocycles. The van der Waals surface area contributed by atoms with Crippen LogP contribution in [0.2, 0.25) is 5.02 Å². The van der Waals surface area contributed by atoms with Gasteiger partial charge in [0.15, 0.2) is 5.82 Å². The van der Waals surface area contributed by atoms with Crippen molar-refractivity contribution in [3.8, 4) is 0 Å². The third kappa shape index (κ3) is 4.06. The van der Waals surface area contributed by atoms with E-state index in [0.717, 1.165) is 11.1 Å². The van der Waals surface area contributed by atoms with Crippen molar-refractivity contribution in [2.24, 2.45) is 0 Å². The molecule has 3 rings (SSSR count). The molecule has 3 aromatic rings. The molecule has 0 unspecified atom stereocenters. The molecule has 10 heteroatoms. The molecule has 0 fully saturated rings. The van der Waals surface area contributed by atoms with E-state index >= 15 is 0 Å². The SMILES string of the molecule is Cc1ccc(F)c([C@@H](C)[C@H](NS(=O)(=O)c2ccc(Cl)cc2)c2nn[nH]n2)c1C. The zero-order chi connectivity index (χ0) is 20.5. The van der Waals surface area contributed by atoms with Crippen LogP contribution in [0.4, 0.5) is 4.39 Å². The van der Waals surface area contributed by atoms with Gasteiger partial charge in [-0.1, -0.05) is 29.8 Å². The first kappa shape index (κ1) is 20.4. The highest BCUT2D eigenvalue weighted by Gasteiger charge is 2.32. The van der Waals surface area contributed by atoms with Crippen LogP contribution in [-0.2, 0) is 10.0 Å². The molecular weight excluding hydrogens is 405 g/mol. The predicted molar refractivity (Wildman–Crippen MR) is 103 cm³/mol. The molecular formula is C18H19ClFN5O2S. The van der Waals surface area contributed by atoms with Crippen LogP contribution in [0.5, 0.6) is 0 Å². The minimum atomic E-state index is -3.94. The molecule has 2 aromatic carbocycles. The fourth-order valence-electron chi connectivity index (χ4n) is 3.06. The van der Waals surface area contributed by atoms with Gasteiger partial charge in [-0.15, -0.1) is 10.2 Å². The maximum Gasteiger partial charge on any atom is 0.241 e. The van der Waals surface area contributed by atoms with Crippen molar-refractivity contribution in [3.05, 3.63) is 69.8 Å². The van der Waals surface area contributed by atoms with E-state index in [1.807, 2.05) is 6.92 Å². The van der Waals surface area contributed by atoms with E-state index in [-0.39, 0.29) is 10.7 Å². The van der Waals surface area contributed by atoms with Crippen molar-refractivity contribution in [1.82, 2.24) is 25.3 Å². The molecule has 28 heavy (non-hydrogen) atoms. The lowest BCUT2D eigenvalue weighted by molar-refractivity contribution is 0.478. The quantitative estimate of drug-likeness (QED) is 0.632. The van der Waals surface area contributed by atoms with E-state index in [1.165, 1.54) is 30.3 Å². The Morgan fingerprint density at radius 3 is 2.43 bits per heavy atom. The highest BCUT2D eigenvalue weighted by molar-refractivity contribution is 7.89. The minimum absolute atomic E-state index is 0.0269. The topological polar surface area (TPSA) is 101 Å². The first-order valence-corrected chi connectivity index (χ1v) is 10.3. The second kappa shape index (κ2) is 7.94. The van der Waals surface area contributed by atoms with Crippen LogP contribution >= 0.6 is 11.6 Å². The summed E-state index contributed by atoms with van der Waals surface area (Å²) in [7, 11) is -3.94. The summed E-state index contributed by atoms with van der Waals surface area (Å²) in [6, 6.07) is 7.86. The van der Waals surface area contributed by atoms with Crippen molar-refractivity contribution >= 4 is 21.6 Å². The summed E-state index contributed by atoms with van der Waals surface area (Å²) in [4.78, 5) is 0.0269. The van der Waals surface area contributed by atoms with Crippen molar-refractivity contribution < 1.29 is 12.8 Å². The van der Waals surface area contributed by atoms with E-state index < -0.39 is 27.8 Å². The van der Waals surface area contributed by atoms with Gasteiger partial charge in [0, 0.05) is 10.9 Å². The molecule has 1 aromatic heterocycles. The fourth-order valence-corrected chi connectivity index (χ4v) is 4.46. The standard InChI is InChI=1S/C18H19ClFN5O2S/c1-10-4-9-15(20)16(11(10)2)12(3)17(18-21-24-25-22-18)23-28(26,27)14-7-5-13(19)6-8-14/h4-9,12,17,23H,1-3H3,(H,21,22,24,25)/t12-,17+/m1/s1. The second-order valence-electron chi connectivity index (χ2n) is 6.51. The zero-order valence-electron chi connectivity index (χ0n) is 15.4. The number of benzene rings is 2. The maximum atomic E-state index is 14.6. The molecule has 0 aliphatic rings. The van der Waals surface area contributed by atoms with Gasteiger partial charge in [-0.25, -0.2) is 12.8 Å². The largest absolute Gasteiger partial charge is 0.241 e. The lowest BCUT2D eigenvalue weighted by atomic mass is 9.88. The van der Waals surface area contributed by atoms with E-state index in [4.69, 9.17) is 11.6 Å². The zero-order valence-corrected chi connectivity index (χ0v) is 17.0. The van der Waals surface area contributed by atoms with Gasteiger partial charge < -0.3 is 0 Å². The number of nitrogens with one attached hydrogen (secondary N) is 2. The van der Waals surface area contributed by atoms with Gasteiger partial charge >= 0.3 is 0 Å². The molecule has 2 atom stereocenters. The minimum Gasteiger partial charge on any atom is -0.207 e. The summed E-state index contributed by atoms with van der Waals surface area (Å²) in [5.74, 6) is -0.903. The van der Waals surface area contributed by atoms with Gasteiger partial charge in [0.1, 0.15) is 5.82 Å². The number of nitrogens with zero attached hydrogens (tertiary/aromatic N) is 3. The van der Waals surface area contributed by atoms with Gasteiger partial charge in [0.25, 0.3) is 0 Å². The van der Waals surface area contributed by atoms with Gasteiger partial charge in [-0.05, 0) is 60.9 Å². The predicted octanol–water partition coefficient (Wildman–Crippen LogP) is 3.43. The van der Waals surface area contributed by atoms with Gasteiger partial charge in [0.2, 0.25) is 10.0 Å². The number of hydrogen-bond acceptors (Lipinski definition) is 5. The average Bonchev–Trinajstić information content (AvgIpc) is 3.18. The van der Waals surface area contributed by atoms with Crippen LogP contribution < -0.4 is 4.72 Å². The summed E-state index contributed by atoms with van der Waals surface area (Å²) in [6.07, 6.45) is 0. The highest BCUT2D eigenvalue weighted by atomic mass is 35.5. The molecule has 0 aliphatic carbocycles. The summed E-state index contributed by atoms with van der Waals surface area (Å²) in [5, 5.41) is 14.1. The van der Waals surface area contributed by atoms with E-state index in [2.05, 4.69) is 25.3 Å². The molecule has 0 aliphatic heterocycles. The van der Waals surface area contributed by atoms with Crippen molar-refractivity contribution in [3.63, 3.8) is 0 Å². The third-order valence-electron chi connectivity index (χ3n) is 4.73. The summed E-state index contributed by atoms with van der Waals surface area (Å²) in [6.45, 7) is 5.38. The Balaban J connectivity index is 2.04. The van der Waals surface area contributed by atoms with Crippen LogP contribution in [-0.4, -0.2) is 29.0 Å². The number of rotatable bonds is 6. The number of aryl methyl sites for hydroxylation is 1. The van der Waals surface area contributed by atoms with Crippen LogP contribution in [0.3, 0.4) is 0 Å². The summed E-state index contributed by atoms with van der Waals surface area (Å²) in [5.41, 5.74) is 2.04. The number of sulfonamides is 1. The van der Waals surface area contributed by atoms with E-state index in [9.17, 15) is 12.8 Å². The maximum absolute atomic E-state index is 14.6. The number of H-pyrrole nitrogens is 1. The van der Waals surface area contributed by atoms with E-state index in [1.54, 1.807) is 19.9 Å². The number of halogens is 2. The Kier molecular flexibility index (Phi) is 5.78. The first-order chi connectivity index (χ1) is 13.2. The monoisotopic (exact) mass is 423 g/mol. The Morgan fingerprint density at radius 1 is 1.14 bits per heavy atom. The second-order valence-corrected chi connectivity index (χ2v) is 8.66. The molecule has 0 spiro atoms. The first-order valence-electron chi connectivity index (χ1n) is 8.47. The van der Waals surface area contributed by atoms with Crippen LogP contribution in [0.25, 0.3) is 0 Å². The fraction of sp³-hybridized carbons (Fsp3) is 0.278. The summed E-state index contributed by atoms with van der Waals surface area (Å²) >= 11 is 5.84. The Hall–Kier alpha value is -2.36. The number of aromatic amines is 1. The molecule has 0 saturated heterocycles. The lowest BCUT2D eigenvalue weighted by Gasteiger charge is -2.25. The van der Waals surface area contributed by atoms with Crippen molar-refractivity contribution in [2.45, 2.75) is 37.6 Å². The lowest BCUT2D eigenvalue weighted by Crippen LogP contribution is -2.33. The molecule has 7 nitrogen and oxygen atoms in total. The smallest absolute Gasteiger partial charge is 0.207 e. The van der Waals surface area contributed by atoms with Crippen molar-refractivity contribution in [1.29, 1.82) is 0 Å². The third-order valence-corrected chi connectivity index (χ3v) is 6.44. The summed E-state index contributed by atoms with van der Waals surface area (Å²) < 4.78 is 43.0. The Labute approximate surface area is 167 Å². The van der Waals surface area contributed by atoms with Crippen LogP contribution in [0, 0.1) is 19.7 Å². The van der Waals surface area contributed by atoms with Crippen LogP contribution in [0.15, 0.2) is 41.3 Å². The normalized spacial score (nSPS) is 14.0. The number of tetrazole rings is 1. The molecule has 0 bridgehead atoms. The molecule has 148 valence electrons. The molecule has 0 radical (unpaired) electrons. The molecule has 0 amide bonds. The molecule has 2 N–H and O–H groups in total. The average molecular weight is 424 g/mol. The van der Waals surface area contributed by atoms with Gasteiger partial charge in [-0.2, -0.15) is 9.94 Å². The van der Waals surface area contributed by atoms with Gasteiger partial charge in [-0.3, -0.25) is 0 Å². The van der Waals surface area contributed by atoms with Crippen molar-refractivity contribution in [2.75, 3.05) is 0 Å². The van der Waals surface area contributed by atoms with Crippen LogP contribution in [0.1, 0.15) is 41.4 Å². The number of aromatic nitrogens is 4. The Morgan fingerprint density at radius 2 is 1.82 bits per heavy atom. The number of hydrogen-bond donors (Lipinski definition) is 2. The highest BCUT2D eigenvalue weighted by Crippen LogP contribution is 2.34. The molecule has 0 saturated carbocycles.